The second-order valence-electron chi connectivity index (χ2n) is 4.08. The standard InChI is InChI=1S/C12H12F2O2/c13-12(14)7-6-9(11(12)16)10(15)8-4-2-1-3-5-8/h1-5,9,11,16H,6-7H2/t9-,11+/m0/s1. The molecule has 0 bridgehead atoms. The highest BCUT2D eigenvalue weighted by molar-refractivity contribution is 5.98. The Hall–Kier alpha value is -1.29. The minimum atomic E-state index is -3.13. The van der Waals surface area contributed by atoms with Crippen LogP contribution in [0.5, 0.6) is 0 Å². The van der Waals surface area contributed by atoms with Crippen LogP contribution in [0, 0.1) is 5.92 Å². The van der Waals surface area contributed by atoms with Gasteiger partial charge in [0.15, 0.2) is 5.78 Å². The Morgan fingerprint density at radius 1 is 1.31 bits per heavy atom. The molecule has 1 aliphatic carbocycles. The van der Waals surface area contributed by atoms with E-state index in [0.29, 0.717) is 5.56 Å². The third-order valence-corrected chi connectivity index (χ3v) is 3.00. The van der Waals surface area contributed by atoms with E-state index in [0.717, 1.165) is 0 Å². The van der Waals surface area contributed by atoms with Crippen LogP contribution < -0.4 is 0 Å². The Kier molecular flexibility index (Phi) is 2.76. The maximum atomic E-state index is 13.1. The first-order chi connectivity index (χ1) is 7.52. The molecule has 0 aromatic heterocycles. The lowest BCUT2D eigenvalue weighted by Gasteiger charge is -2.17. The van der Waals surface area contributed by atoms with Crippen molar-refractivity contribution in [3.63, 3.8) is 0 Å². The van der Waals surface area contributed by atoms with Gasteiger partial charge in [0.25, 0.3) is 5.92 Å². The van der Waals surface area contributed by atoms with E-state index >= 15 is 0 Å². The van der Waals surface area contributed by atoms with Gasteiger partial charge < -0.3 is 5.11 Å². The number of hydrogen-bond acceptors (Lipinski definition) is 2. The number of rotatable bonds is 2. The Labute approximate surface area is 91.9 Å². The molecular weight excluding hydrogens is 214 g/mol. The fraction of sp³-hybridized carbons (Fsp3) is 0.417. The van der Waals surface area contributed by atoms with Gasteiger partial charge in [-0.2, -0.15) is 0 Å². The molecule has 0 amide bonds. The topological polar surface area (TPSA) is 37.3 Å². The molecule has 0 aliphatic heterocycles. The zero-order valence-electron chi connectivity index (χ0n) is 8.57. The van der Waals surface area contributed by atoms with Gasteiger partial charge >= 0.3 is 0 Å². The normalized spacial score (nSPS) is 27.9. The fourth-order valence-electron chi connectivity index (χ4n) is 2.04. The molecule has 1 N–H and O–H groups in total. The van der Waals surface area contributed by atoms with Crippen LogP contribution in [0.2, 0.25) is 0 Å². The third kappa shape index (κ3) is 1.85. The van der Waals surface area contributed by atoms with E-state index < -0.39 is 30.1 Å². The Bertz CT molecular complexity index is 389. The lowest BCUT2D eigenvalue weighted by atomic mass is 9.94. The largest absolute Gasteiger partial charge is 0.386 e. The molecule has 1 aromatic rings. The van der Waals surface area contributed by atoms with Gasteiger partial charge in [0.05, 0.1) is 5.92 Å². The van der Waals surface area contributed by atoms with Crippen molar-refractivity contribution in [3.8, 4) is 0 Å². The summed E-state index contributed by atoms with van der Waals surface area (Å²) in [5, 5.41) is 9.38. The first kappa shape index (κ1) is 11.2. The molecule has 2 rings (SSSR count). The number of hydrogen-bond donors (Lipinski definition) is 1. The highest BCUT2D eigenvalue weighted by Crippen LogP contribution is 2.40. The Morgan fingerprint density at radius 3 is 2.44 bits per heavy atom. The summed E-state index contributed by atoms with van der Waals surface area (Å²) in [7, 11) is 0. The SMILES string of the molecule is O=C(c1ccccc1)[C@@H]1CCC(F)(F)[C@@H]1O. The van der Waals surface area contributed by atoms with E-state index in [4.69, 9.17) is 0 Å². The molecular formula is C12H12F2O2. The van der Waals surface area contributed by atoms with E-state index in [1.165, 1.54) is 0 Å². The molecule has 1 aliphatic rings. The molecule has 0 saturated heterocycles. The van der Waals surface area contributed by atoms with Crippen molar-refractivity contribution in [2.24, 2.45) is 5.92 Å². The molecule has 0 unspecified atom stereocenters. The summed E-state index contributed by atoms with van der Waals surface area (Å²) in [6.07, 6.45) is -2.22. The Morgan fingerprint density at radius 2 is 1.94 bits per heavy atom. The number of Topliss-reactive ketones (excluding diaryl/α,β-unsaturated/α-hetero) is 1. The second-order valence-corrected chi connectivity index (χ2v) is 4.08. The number of carbonyl (C=O) groups is 1. The van der Waals surface area contributed by atoms with Crippen LogP contribution in [0.1, 0.15) is 23.2 Å². The van der Waals surface area contributed by atoms with E-state index in [9.17, 15) is 18.7 Å². The monoisotopic (exact) mass is 226 g/mol. The van der Waals surface area contributed by atoms with Crippen LogP contribution in [0.4, 0.5) is 8.78 Å². The number of benzene rings is 1. The summed E-state index contributed by atoms with van der Waals surface area (Å²) < 4.78 is 26.1. The first-order valence-electron chi connectivity index (χ1n) is 5.17. The summed E-state index contributed by atoms with van der Waals surface area (Å²) >= 11 is 0. The number of alkyl halides is 2. The molecule has 1 saturated carbocycles. The predicted molar refractivity (Wildman–Crippen MR) is 54.5 cm³/mol. The summed E-state index contributed by atoms with van der Waals surface area (Å²) in [6.45, 7) is 0. The highest BCUT2D eigenvalue weighted by atomic mass is 19.3. The molecule has 1 fully saturated rings. The molecule has 0 radical (unpaired) electrons. The lowest BCUT2D eigenvalue weighted by Crippen LogP contribution is -2.34. The van der Waals surface area contributed by atoms with Gasteiger partial charge in [0, 0.05) is 12.0 Å². The molecule has 86 valence electrons. The molecule has 0 heterocycles. The van der Waals surface area contributed by atoms with Crippen molar-refractivity contribution in [1.82, 2.24) is 0 Å². The van der Waals surface area contributed by atoms with Crippen molar-refractivity contribution in [2.45, 2.75) is 24.9 Å². The van der Waals surface area contributed by atoms with Crippen LogP contribution in [0.15, 0.2) is 30.3 Å². The number of ketones is 1. The highest BCUT2D eigenvalue weighted by Gasteiger charge is 2.51. The average molecular weight is 226 g/mol. The van der Waals surface area contributed by atoms with Gasteiger partial charge in [0.1, 0.15) is 6.10 Å². The van der Waals surface area contributed by atoms with Crippen molar-refractivity contribution in [1.29, 1.82) is 0 Å². The fourth-order valence-corrected chi connectivity index (χ4v) is 2.04. The molecule has 1 aromatic carbocycles. The number of halogens is 2. The second kappa shape index (κ2) is 3.94. The van der Waals surface area contributed by atoms with Crippen LogP contribution in [0.3, 0.4) is 0 Å². The van der Waals surface area contributed by atoms with Crippen LogP contribution in [-0.2, 0) is 0 Å². The van der Waals surface area contributed by atoms with Crippen LogP contribution in [0.25, 0.3) is 0 Å². The predicted octanol–water partition coefficient (Wildman–Crippen LogP) is 2.28. The first-order valence-corrected chi connectivity index (χ1v) is 5.17. The lowest BCUT2D eigenvalue weighted by molar-refractivity contribution is -0.0939. The molecule has 4 heteroatoms. The molecule has 16 heavy (non-hydrogen) atoms. The van der Waals surface area contributed by atoms with Gasteiger partial charge in [-0.25, -0.2) is 8.78 Å². The number of aliphatic hydroxyl groups excluding tert-OH is 1. The van der Waals surface area contributed by atoms with Crippen molar-refractivity contribution < 1.29 is 18.7 Å². The summed E-state index contributed by atoms with van der Waals surface area (Å²) in [5.41, 5.74) is 0.379. The third-order valence-electron chi connectivity index (χ3n) is 3.00. The zero-order chi connectivity index (χ0) is 11.8. The summed E-state index contributed by atoms with van der Waals surface area (Å²) in [5.74, 6) is -4.50. The van der Waals surface area contributed by atoms with E-state index in [1.54, 1.807) is 30.3 Å². The maximum absolute atomic E-state index is 13.1. The van der Waals surface area contributed by atoms with Crippen molar-refractivity contribution >= 4 is 5.78 Å². The van der Waals surface area contributed by atoms with Gasteiger partial charge in [0.2, 0.25) is 0 Å². The van der Waals surface area contributed by atoms with Gasteiger partial charge in [-0.1, -0.05) is 30.3 Å². The van der Waals surface area contributed by atoms with Crippen LogP contribution >= 0.6 is 0 Å². The quantitative estimate of drug-likeness (QED) is 0.785. The minimum Gasteiger partial charge on any atom is -0.386 e. The molecule has 0 spiro atoms. The van der Waals surface area contributed by atoms with Crippen LogP contribution in [-0.4, -0.2) is 22.9 Å². The van der Waals surface area contributed by atoms with Gasteiger partial charge in [-0.3, -0.25) is 4.79 Å². The zero-order valence-corrected chi connectivity index (χ0v) is 8.57. The minimum absolute atomic E-state index is 0.0435. The smallest absolute Gasteiger partial charge is 0.274 e. The van der Waals surface area contributed by atoms with Gasteiger partial charge in [-0.05, 0) is 6.42 Å². The molecule has 2 nitrogen and oxygen atoms in total. The van der Waals surface area contributed by atoms with Crippen molar-refractivity contribution in [3.05, 3.63) is 35.9 Å². The molecule has 2 atom stereocenters. The average Bonchev–Trinajstić information content (AvgIpc) is 2.55. The van der Waals surface area contributed by atoms with E-state index in [2.05, 4.69) is 0 Å². The van der Waals surface area contributed by atoms with E-state index in [-0.39, 0.29) is 6.42 Å². The van der Waals surface area contributed by atoms with Crippen molar-refractivity contribution in [2.75, 3.05) is 0 Å². The van der Waals surface area contributed by atoms with Gasteiger partial charge in [-0.15, -0.1) is 0 Å². The van der Waals surface area contributed by atoms with E-state index in [1.807, 2.05) is 0 Å². The number of aliphatic hydroxyl groups is 1. The summed E-state index contributed by atoms with van der Waals surface area (Å²) in [6, 6.07) is 8.24. The Balaban J connectivity index is 2.19. The maximum Gasteiger partial charge on any atom is 0.274 e. The summed E-state index contributed by atoms with van der Waals surface area (Å²) in [4.78, 5) is 11.9. The number of carbonyl (C=O) groups excluding carboxylic acids is 1.